The van der Waals surface area contributed by atoms with Crippen molar-refractivity contribution >= 4 is 17.7 Å². The van der Waals surface area contributed by atoms with Crippen LogP contribution in [0.4, 0.5) is 17.6 Å². The molecule has 2 aliphatic heterocycles. The van der Waals surface area contributed by atoms with Crippen molar-refractivity contribution in [2.75, 3.05) is 17.4 Å². The molecule has 0 spiro atoms. The molecule has 0 saturated heterocycles. The zero-order valence-electron chi connectivity index (χ0n) is 19.4. The Morgan fingerprint density at radius 3 is 2.64 bits per heavy atom. The third-order valence-electron chi connectivity index (χ3n) is 7.16. The van der Waals surface area contributed by atoms with E-state index in [0.717, 1.165) is 23.4 Å². The lowest BCUT2D eigenvalue weighted by molar-refractivity contribution is -0.173. The molecule has 0 fully saturated rings. The lowest BCUT2D eigenvalue weighted by atomic mass is 9.70. The number of carbonyl (C=O) groups excluding carboxylic acids is 1. The van der Waals surface area contributed by atoms with Gasteiger partial charge in [0.15, 0.2) is 11.4 Å². The van der Waals surface area contributed by atoms with Crippen molar-refractivity contribution in [3.8, 4) is 5.75 Å². The number of pyridine rings is 1. The number of amides is 1. The number of hydrogen-bond acceptors (Lipinski definition) is 5. The maximum Gasteiger partial charge on any atom is 0.408 e. The lowest BCUT2D eigenvalue weighted by Gasteiger charge is -2.49. The van der Waals surface area contributed by atoms with Crippen LogP contribution in [-0.4, -0.2) is 45.2 Å². The number of rotatable bonds is 2. The van der Waals surface area contributed by atoms with Crippen molar-refractivity contribution in [1.29, 1.82) is 0 Å². The maximum absolute atomic E-state index is 14.4. The second-order valence-corrected chi connectivity index (χ2v) is 10.5. The molecule has 5 rings (SSSR count). The summed E-state index contributed by atoms with van der Waals surface area (Å²) in [5, 5.41) is 12.1. The van der Waals surface area contributed by atoms with Gasteiger partial charge in [-0.15, -0.1) is 11.8 Å². The molecule has 1 amide bonds. The lowest BCUT2D eigenvalue weighted by Crippen LogP contribution is -2.61. The summed E-state index contributed by atoms with van der Waals surface area (Å²) in [4.78, 5) is 26.9. The molecule has 2 unspecified atom stereocenters. The standard InChI is InChI=1S/C25H23F4N3O3S/c1-14(25(27,28)29)30-13-32(31-10-9-18(33)22(34)21(31)23(30)35)20-16-5-3-4-6-19(16)36-12-24(2)11-15(26)7-8-17(20)24/h3-11,14,17,20,34H,12-13H2,1-2H3/t14-,17?,20+,24?/m0/s1. The van der Waals surface area contributed by atoms with Gasteiger partial charge in [-0.1, -0.05) is 31.2 Å². The van der Waals surface area contributed by atoms with Crippen LogP contribution in [0.25, 0.3) is 0 Å². The Morgan fingerprint density at radius 1 is 1.19 bits per heavy atom. The number of nitrogens with zero attached hydrogens (tertiary/aromatic N) is 3. The number of allylic oxidation sites excluding steroid dienone is 3. The Balaban J connectivity index is 1.76. The highest BCUT2D eigenvalue weighted by atomic mass is 32.2. The number of aromatic nitrogens is 1. The third kappa shape index (κ3) is 3.80. The van der Waals surface area contributed by atoms with Gasteiger partial charge >= 0.3 is 6.18 Å². The van der Waals surface area contributed by atoms with Gasteiger partial charge in [0.05, 0.1) is 6.04 Å². The van der Waals surface area contributed by atoms with Crippen molar-refractivity contribution < 1.29 is 27.5 Å². The van der Waals surface area contributed by atoms with E-state index in [1.807, 2.05) is 31.2 Å². The number of alkyl halides is 3. The minimum Gasteiger partial charge on any atom is -0.502 e. The van der Waals surface area contributed by atoms with Gasteiger partial charge in [-0.05, 0) is 30.7 Å². The van der Waals surface area contributed by atoms with Gasteiger partial charge in [0.1, 0.15) is 18.5 Å². The van der Waals surface area contributed by atoms with E-state index < -0.39 is 64.9 Å². The summed E-state index contributed by atoms with van der Waals surface area (Å²) in [5.41, 5.74) is -1.34. The number of hydrogen-bond donors (Lipinski definition) is 1. The van der Waals surface area contributed by atoms with Crippen LogP contribution in [0.5, 0.6) is 5.75 Å². The summed E-state index contributed by atoms with van der Waals surface area (Å²) in [6, 6.07) is 5.64. The molecular formula is C25H23F4N3O3S. The molecule has 3 aliphatic rings. The second kappa shape index (κ2) is 8.43. The Hall–Kier alpha value is -3.21. The number of aromatic hydroxyl groups is 1. The smallest absolute Gasteiger partial charge is 0.408 e. The first-order valence-electron chi connectivity index (χ1n) is 11.3. The van der Waals surface area contributed by atoms with Crippen molar-refractivity contribution in [1.82, 2.24) is 9.58 Å². The largest absolute Gasteiger partial charge is 0.502 e. The summed E-state index contributed by atoms with van der Waals surface area (Å²) >= 11 is 1.52. The molecule has 0 bridgehead atoms. The Morgan fingerprint density at radius 2 is 1.92 bits per heavy atom. The topological polar surface area (TPSA) is 65.8 Å². The number of carbonyl (C=O) groups is 1. The van der Waals surface area contributed by atoms with Gasteiger partial charge in [-0.2, -0.15) is 13.2 Å². The summed E-state index contributed by atoms with van der Waals surface area (Å²) in [7, 11) is 0. The Kier molecular flexibility index (Phi) is 5.73. The van der Waals surface area contributed by atoms with Gasteiger partial charge < -0.3 is 10.0 Å². The molecule has 4 atom stereocenters. The van der Waals surface area contributed by atoms with Crippen LogP contribution in [0.2, 0.25) is 0 Å². The highest BCUT2D eigenvalue weighted by Crippen LogP contribution is 2.52. The molecule has 36 heavy (non-hydrogen) atoms. The monoisotopic (exact) mass is 521 g/mol. The SMILES string of the molecule is C[C@H](N1CN([C@@H]2c3ccccc3SCC3(C)C=C(F)C=CC23)n2ccc(=O)c(O)c2C1=O)C(F)(F)F. The fourth-order valence-electron chi connectivity index (χ4n) is 5.16. The molecule has 190 valence electrons. The van der Waals surface area contributed by atoms with Crippen LogP contribution in [0, 0.1) is 11.3 Å². The quantitative estimate of drug-likeness (QED) is 0.578. The normalized spacial score (nSPS) is 26.5. The predicted molar refractivity (Wildman–Crippen MR) is 127 cm³/mol. The fraction of sp³-hybridized carbons (Fsp3) is 0.360. The molecule has 0 saturated carbocycles. The average Bonchev–Trinajstić information content (AvgIpc) is 2.94. The molecule has 11 heteroatoms. The zero-order chi connectivity index (χ0) is 26.0. The summed E-state index contributed by atoms with van der Waals surface area (Å²) in [6.45, 7) is 2.29. The number of fused-ring (bicyclic) bond motifs is 3. The van der Waals surface area contributed by atoms with E-state index in [2.05, 4.69) is 0 Å². The predicted octanol–water partition coefficient (Wildman–Crippen LogP) is 4.75. The van der Waals surface area contributed by atoms with E-state index in [1.54, 1.807) is 11.1 Å². The zero-order valence-corrected chi connectivity index (χ0v) is 20.2. The number of benzene rings is 1. The van der Waals surface area contributed by atoms with Gasteiger partial charge in [0, 0.05) is 34.2 Å². The van der Waals surface area contributed by atoms with E-state index in [0.29, 0.717) is 10.7 Å². The molecule has 1 N–H and O–H groups in total. The van der Waals surface area contributed by atoms with Crippen molar-refractivity contribution in [2.45, 2.75) is 37.0 Å². The number of thioether (sulfide) groups is 1. The second-order valence-electron chi connectivity index (χ2n) is 9.49. The maximum atomic E-state index is 14.4. The summed E-state index contributed by atoms with van der Waals surface area (Å²) in [5.74, 6) is -2.31. The van der Waals surface area contributed by atoms with Gasteiger partial charge in [-0.3, -0.25) is 19.3 Å². The molecule has 6 nitrogen and oxygen atoms in total. The van der Waals surface area contributed by atoms with Crippen LogP contribution in [-0.2, 0) is 0 Å². The van der Waals surface area contributed by atoms with Crippen molar-refractivity contribution in [3.05, 3.63) is 82.1 Å². The summed E-state index contributed by atoms with van der Waals surface area (Å²) in [6.07, 6.45) is 1.12. The minimum absolute atomic E-state index is 0.401. The first-order chi connectivity index (χ1) is 16.9. The molecular weight excluding hydrogens is 498 g/mol. The van der Waals surface area contributed by atoms with E-state index >= 15 is 0 Å². The average molecular weight is 522 g/mol. The molecule has 0 radical (unpaired) electrons. The van der Waals surface area contributed by atoms with Crippen molar-refractivity contribution in [2.24, 2.45) is 11.3 Å². The highest BCUT2D eigenvalue weighted by Gasteiger charge is 2.50. The van der Waals surface area contributed by atoms with Crippen molar-refractivity contribution in [3.63, 3.8) is 0 Å². The number of halogens is 4. The first-order valence-corrected chi connectivity index (χ1v) is 12.3. The molecule has 1 aromatic heterocycles. The molecule has 1 aromatic carbocycles. The van der Waals surface area contributed by atoms with Gasteiger partial charge in [0.2, 0.25) is 5.43 Å². The Bertz CT molecular complexity index is 1350. The van der Waals surface area contributed by atoms with Gasteiger partial charge in [-0.25, -0.2) is 4.39 Å². The van der Waals surface area contributed by atoms with Crippen LogP contribution >= 0.6 is 11.8 Å². The Labute approximate surface area is 208 Å². The third-order valence-corrected chi connectivity index (χ3v) is 8.61. The molecule has 3 heterocycles. The van der Waals surface area contributed by atoms with Crippen LogP contribution < -0.4 is 10.4 Å². The first kappa shape index (κ1) is 24.5. The van der Waals surface area contributed by atoms with E-state index in [9.17, 15) is 32.3 Å². The molecule has 2 aromatic rings. The van der Waals surface area contributed by atoms with E-state index in [4.69, 9.17) is 0 Å². The van der Waals surface area contributed by atoms with E-state index in [1.165, 1.54) is 34.8 Å². The highest BCUT2D eigenvalue weighted by molar-refractivity contribution is 7.99. The fourth-order valence-corrected chi connectivity index (χ4v) is 6.43. The van der Waals surface area contributed by atoms with E-state index in [-0.39, 0.29) is 0 Å². The minimum atomic E-state index is -4.74. The van der Waals surface area contributed by atoms with Crippen LogP contribution in [0.15, 0.2) is 70.3 Å². The van der Waals surface area contributed by atoms with Gasteiger partial charge in [0.25, 0.3) is 5.91 Å². The van der Waals surface area contributed by atoms with Crippen LogP contribution in [0.1, 0.15) is 35.9 Å². The van der Waals surface area contributed by atoms with Crippen LogP contribution in [0.3, 0.4) is 0 Å². The molecule has 1 aliphatic carbocycles. The summed E-state index contributed by atoms with van der Waals surface area (Å²) < 4.78 is 57.1.